The lowest BCUT2D eigenvalue weighted by Gasteiger charge is -2.17. The fourth-order valence-electron chi connectivity index (χ4n) is 2.89. The largest absolute Gasteiger partial charge is 0.496 e. The molecule has 3 rings (SSSR count). The maximum atomic E-state index is 12.2. The van der Waals surface area contributed by atoms with Crippen LogP contribution in [0, 0.1) is 0 Å². The van der Waals surface area contributed by atoms with E-state index in [2.05, 4.69) is 4.99 Å². The van der Waals surface area contributed by atoms with Crippen LogP contribution in [0.2, 0.25) is 0 Å². The molecule has 124 valence electrons. The summed E-state index contributed by atoms with van der Waals surface area (Å²) in [5.41, 5.74) is 0.790. The third kappa shape index (κ3) is 3.37. The highest BCUT2D eigenvalue weighted by Crippen LogP contribution is 2.37. The number of thioether (sulfide) groups is 1. The molecule has 0 aromatic heterocycles. The summed E-state index contributed by atoms with van der Waals surface area (Å²) >= 11 is 1.39. The smallest absolute Gasteiger partial charge is 0.252 e. The van der Waals surface area contributed by atoms with Crippen LogP contribution in [0.1, 0.15) is 5.56 Å². The van der Waals surface area contributed by atoms with E-state index in [-0.39, 0.29) is 35.1 Å². The summed E-state index contributed by atoms with van der Waals surface area (Å²) in [6.45, 7) is 0. The summed E-state index contributed by atoms with van der Waals surface area (Å²) < 4.78 is 28.6. The Kier molecular flexibility index (Phi) is 4.37. The van der Waals surface area contributed by atoms with E-state index in [0.29, 0.717) is 10.9 Å². The molecule has 23 heavy (non-hydrogen) atoms. The van der Waals surface area contributed by atoms with Gasteiger partial charge < -0.3 is 9.64 Å². The van der Waals surface area contributed by atoms with Crippen LogP contribution in [-0.4, -0.2) is 61.3 Å². The molecule has 2 heterocycles. The number of hydrogen-bond donors (Lipinski definition) is 0. The van der Waals surface area contributed by atoms with Gasteiger partial charge >= 0.3 is 0 Å². The number of fused-ring (bicyclic) bond motifs is 1. The van der Waals surface area contributed by atoms with Crippen LogP contribution < -0.4 is 4.74 Å². The predicted molar refractivity (Wildman–Crippen MR) is 90.7 cm³/mol. The average molecular weight is 354 g/mol. The first-order valence-electron chi connectivity index (χ1n) is 7.23. The number of methoxy groups -OCH3 is 1. The molecule has 2 aliphatic heterocycles. The Hall–Kier alpha value is -1.54. The van der Waals surface area contributed by atoms with Crippen molar-refractivity contribution in [1.29, 1.82) is 0 Å². The van der Waals surface area contributed by atoms with Crippen molar-refractivity contribution < 1.29 is 17.9 Å². The summed E-state index contributed by atoms with van der Waals surface area (Å²) in [4.78, 5) is 18.2. The summed E-state index contributed by atoms with van der Waals surface area (Å²) in [5.74, 6) is 0.705. The number of para-hydroxylation sites is 1. The normalized spacial score (nSPS) is 27.2. The van der Waals surface area contributed by atoms with E-state index in [0.717, 1.165) is 5.56 Å². The zero-order valence-corrected chi connectivity index (χ0v) is 14.6. The van der Waals surface area contributed by atoms with E-state index in [4.69, 9.17) is 4.74 Å². The summed E-state index contributed by atoms with van der Waals surface area (Å²) in [7, 11) is 0.399. The van der Waals surface area contributed by atoms with Crippen molar-refractivity contribution in [1.82, 2.24) is 4.90 Å². The lowest BCUT2D eigenvalue weighted by atomic mass is 10.1. The number of amidine groups is 1. The van der Waals surface area contributed by atoms with E-state index >= 15 is 0 Å². The summed E-state index contributed by atoms with van der Waals surface area (Å²) in [5, 5.41) is 0.581. The van der Waals surface area contributed by atoms with Crippen LogP contribution in [0.15, 0.2) is 29.3 Å². The van der Waals surface area contributed by atoms with Gasteiger partial charge in [-0.3, -0.25) is 4.79 Å². The van der Waals surface area contributed by atoms with Crippen LogP contribution in [0.4, 0.5) is 0 Å². The molecule has 0 radical (unpaired) electrons. The van der Waals surface area contributed by atoms with Gasteiger partial charge in [-0.25, -0.2) is 8.42 Å². The Labute approximate surface area is 139 Å². The number of hydrogen-bond acceptors (Lipinski definition) is 5. The molecule has 0 N–H and O–H groups in total. The van der Waals surface area contributed by atoms with E-state index < -0.39 is 9.84 Å². The quantitative estimate of drug-likeness (QED) is 0.805. The number of ether oxygens (including phenoxy) is 1. The van der Waals surface area contributed by atoms with Crippen molar-refractivity contribution in [3.05, 3.63) is 29.8 Å². The van der Waals surface area contributed by atoms with E-state index in [1.165, 1.54) is 11.8 Å². The molecule has 1 aromatic rings. The van der Waals surface area contributed by atoms with Gasteiger partial charge in [0.25, 0.3) is 5.91 Å². The molecule has 2 aliphatic rings. The summed E-state index contributed by atoms with van der Waals surface area (Å²) in [6.07, 6.45) is 0.162. The number of nitrogens with zero attached hydrogens (tertiary/aromatic N) is 2. The molecule has 0 aliphatic carbocycles. The van der Waals surface area contributed by atoms with Crippen molar-refractivity contribution in [2.45, 2.75) is 17.7 Å². The Morgan fingerprint density at radius 3 is 2.83 bits per heavy atom. The first-order chi connectivity index (χ1) is 10.9. The summed E-state index contributed by atoms with van der Waals surface area (Å²) in [6, 6.07) is 7.26. The molecule has 0 saturated carbocycles. The van der Waals surface area contributed by atoms with Crippen molar-refractivity contribution in [3.63, 3.8) is 0 Å². The van der Waals surface area contributed by atoms with Crippen LogP contribution in [-0.2, 0) is 21.1 Å². The molecule has 2 fully saturated rings. The van der Waals surface area contributed by atoms with E-state index in [1.54, 1.807) is 20.2 Å². The molecule has 8 heteroatoms. The first-order valence-corrected chi connectivity index (χ1v) is 9.93. The second-order valence-corrected chi connectivity index (χ2v) is 9.05. The van der Waals surface area contributed by atoms with E-state index in [1.807, 2.05) is 23.1 Å². The maximum absolute atomic E-state index is 12.2. The molecular weight excluding hydrogens is 336 g/mol. The Morgan fingerprint density at radius 2 is 2.13 bits per heavy atom. The molecule has 0 spiro atoms. The number of carbonyl (C=O) groups excluding carboxylic acids is 1. The Bertz CT molecular complexity index is 760. The van der Waals surface area contributed by atoms with Gasteiger partial charge in [-0.15, -0.1) is 0 Å². The third-order valence-electron chi connectivity index (χ3n) is 4.08. The van der Waals surface area contributed by atoms with E-state index in [9.17, 15) is 13.2 Å². The van der Waals surface area contributed by atoms with Gasteiger partial charge in [0, 0.05) is 17.9 Å². The number of carbonyl (C=O) groups is 1. The Balaban J connectivity index is 1.72. The van der Waals surface area contributed by atoms with Crippen LogP contribution in [0.25, 0.3) is 0 Å². The SMILES string of the molecule is COc1ccccc1CC(=O)N=C1SC2CS(=O)(=O)CC2N1C. The van der Waals surface area contributed by atoms with Crippen molar-refractivity contribution in [2.24, 2.45) is 4.99 Å². The monoisotopic (exact) mass is 354 g/mol. The molecule has 6 nitrogen and oxygen atoms in total. The molecule has 1 aromatic carbocycles. The number of aliphatic imine (C=N–C) groups is 1. The molecule has 1 amide bonds. The van der Waals surface area contributed by atoms with Crippen LogP contribution in [0.3, 0.4) is 0 Å². The average Bonchev–Trinajstić information content (AvgIpc) is 2.93. The highest BCUT2D eigenvalue weighted by molar-refractivity contribution is 8.15. The molecule has 2 saturated heterocycles. The lowest BCUT2D eigenvalue weighted by molar-refractivity contribution is -0.117. The van der Waals surface area contributed by atoms with Crippen molar-refractivity contribution in [2.75, 3.05) is 25.7 Å². The fourth-order valence-corrected chi connectivity index (χ4v) is 6.91. The van der Waals surface area contributed by atoms with Gasteiger partial charge in [0.2, 0.25) is 0 Å². The van der Waals surface area contributed by atoms with Crippen LogP contribution in [0.5, 0.6) is 5.75 Å². The number of sulfone groups is 1. The first kappa shape index (κ1) is 16.3. The topological polar surface area (TPSA) is 76.0 Å². The van der Waals surface area contributed by atoms with Gasteiger partial charge in [-0.2, -0.15) is 4.99 Å². The fraction of sp³-hybridized carbons (Fsp3) is 0.467. The number of amides is 1. The second kappa shape index (κ2) is 6.16. The molecule has 2 atom stereocenters. The van der Waals surface area contributed by atoms with Gasteiger partial charge in [-0.1, -0.05) is 30.0 Å². The van der Waals surface area contributed by atoms with Crippen molar-refractivity contribution >= 4 is 32.7 Å². The predicted octanol–water partition coefficient (Wildman–Crippen LogP) is 0.964. The number of benzene rings is 1. The van der Waals surface area contributed by atoms with Crippen molar-refractivity contribution in [3.8, 4) is 5.75 Å². The standard InChI is InChI=1S/C15H18N2O4S2/c1-17-11-8-23(19,20)9-13(11)22-15(17)16-14(18)7-10-5-3-4-6-12(10)21-2/h3-6,11,13H,7-9H2,1-2H3. The minimum absolute atomic E-state index is 0.0252. The lowest BCUT2D eigenvalue weighted by Crippen LogP contribution is -2.34. The van der Waals surface area contributed by atoms with Gasteiger partial charge in [0.05, 0.1) is 31.1 Å². The maximum Gasteiger partial charge on any atom is 0.252 e. The molecule has 2 unspecified atom stereocenters. The number of rotatable bonds is 3. The molecule has 0 bridgehead atoms. The van der Waals surface area contributed by atoms with Gasteiger partial charge in [0.1, 0.15) is 5.75 Å². The third-order valence-corrected chi connectivity index (χ3v) is 7.38. The minimum Gasteiger partial charge on any atom is -0.496 e. The molecular formula is C15H18N2O4S2. The Morgan fingerprint density at radius 1 is 1.39 bits per heavy atom. The minimum atomic E-state index is -2.97. The highest BCUT2D eigenvalue weighted by Gasteiger charge is 2.47. The van der Waals surface area contributed by atoms with Gasteiger partial charge in [0.15, 0.2) is 15.0 Å². The zero-order valence-electron chi connectivity index (χ0n) is 12.9. The zero-order chi connectivity index (χ0) is 16.6. The van der Waals surface area contributed by atoms with Gasteiger partial charge in [-0.05, 0) is 6.07 Å². The highest BCUT2D eigenvalue weighted by atomic mass is 32.2. The van der Waals surface area contributed by atoms with Crippen LogP contribution >= 0.6 is 11.8 Å². The second-order valence-electron chi connectivity index (χ2n) is 5.69.